The van der Waals surface area contributed by atoms with E-state index in [9.17, 15) is 4.79 Å². The molecule has 0 fully saturated rings. The first kappa shape index (κ1) is 11.5. The van der Waals surface area contributed by atoms with Gasteiger partial charge in [-0.3, -0.25) is 0 Å². The van der Waals surface area contributed by atoms with E-state index in [4.69, 9.17) is 0 Å². The van der Waals surface area contributed by atoms with Crippen molar-refractivity contribution in [3.8, 4) is 0 Å². The summed E-state index contributed by atoms with van der Waals surface area (Å²) in [6.45, 7) is 3.92. The minimum absolute atomic E-state index is 0.162. The van der Waals surface area contributed by atoms with Crippen LogP contribution in [0, 0.1) is 0 Å². The van der Waals surface area contributed by atoms with Gasteiger partial charge in [0.15, 0.2) is 0 Å². The maximum atomic E-state index is 11.4. The maximum Gasteiger partial charge on any atom is 0.319 e. The molecule has 0 unspecified atom stereocenters. The van der Waals surface area contributed by atoms with Crippen molar-refractivity contribution in [2.45, 2.75) is 19.4 Å². The van der Waals surface area contributed by atoms with E-state index in [0.29, 0.717) is 0 Å². The molecule has 0 saturated carbocycles. The van der Waals surface area contributed by atoms with Crippen LogP contribution in [0.1, 0.15) is 19.4 Å². The van der Waals surface area contributed by atoms with E-state index >= 15 is 0 Å². The third kappa shape index (κ3) is 3.21. The van der Waals surface area contributed by atoms with E-state index in [2.05, 4.69) is 10.6 Å². The van der Waals surface area contributed by atoms with Gasteiger partial charge in [0.2, 0.25) is 0 Å². The number of carbonyl (C=O) groups is 1. The zero-order valence-corrected chi connectivity index (χ0v) is 10.0. The van der Waals surface area contributed by atoms with Crippen LogP contribution in [0.5, 0.6) is 0 Å². The van der Waals surface area contributed by atoms with E-state index in [0.717, 1.165) is 11.3 Å². The van der Waals surface area contributed by atoms with Gasteiger partial charge in [-0.25, -0.2) is 4.79 Å². The minimum Gasteiger partial charge on any atom is -0.329 e. The fourth-order valence-corrected chi connectivity index (χ4v) is 1.76. The van der Waals surface area contributed by atoms with Crippen LogP contribution < -0.4 is 10.6 Å². The number of nitrogens with one attached hydrogen (secondary N) is 2. The molecule has 1 aromatic rings. The SMILES string of the molecule is CC1(C)C=C(C=Cc2ccccc2)NC(=O)N1. The Hall–Kier alpha value is -2.03. The van der Waals surface area contributed by atoms with Gasteiger partial charge in [0, 0.05) is 5.70 Å². The Morgan fingerprint density at radius 1 is 1.12 bits per heavy atom. The highest BCUT2D eigenvalue weighted by molar-refractivity contribution is 5.79. The fourth-order valence-electron chi connectivity index (χ4n) is 1.76. The third-order valence-electron chi connectivity index (χ3n) is 2.46. The van der Waals surface area contributed by atoms with E-state index in [1.54, 1.807) is 0 Å². The molecule has 0 aliphatic carbocycles. The Balaban J connectivity index is 2.16. The highest BCUT2D eigenvalue weighted by Gasteiger charge is 2.22. The molecule has 0 atom stereocenters. The van der Waals surface area contributed by atoms with Crippen molar-refractivity contribution < 1.29 is 4.79 Å². The first-order valence-electron chi connectivity index (χ1n) is 5.60. The van der Waals surface area contributed by atoms with Crippen molar-refractivity contribution in [2.75, 3.05) is 0 Å². The number of hydrogen-bond donors (Lipinski definition) is 2. The molecule has 0 spiro atoms. The molecule has 88 valence electrons. The van der Waals surface area contributed by atoms with E-state index in [1.807, 2.05) is 62.4 Å². The quantitative estimate of drug-likeness (QED) is 0.802. The second-order valence-corrected chi connectivity index (χ2v) is 4.64. The van der Waals surface area contributed by atoms with Crippen molar-refractivity contribution in [3.63, 3.8) is 0 Å². The molecule has 3 heteroatoms. The van der Waals surface area contributed by atoms with Gasteiger partial charge in [0.05, 0.1) is 5.54 Å². The molecular weight excluding hydrogens is 212 g/mol. The van der Waals surface area contributed by atoms with Gasteiger partial charge in [0.25, 0.3) is 0 Å². The van der Waals surface area contributed by atoms with Crippen LogP contribution in [0.2, 0.25) is 0 Å². The van der Waals surface area contributed by atoms with E-state index < -0.39 is 0 Å². The summed E-state index contributed by atoms with van der Waals surface area (Å²) >= 11 is 0. The van der Waals surface area contributed by atoms with Gasteiger partial charge in [-0.05, 0) is 31.6 Å². The average Bonchev–Trinajstić information content (AvgIpc) is 2.25. The number of allylic oxidation sites excluding steroid dienone is 1. The van der Waals surface area contributed by atoms with Crippen LogP contribution in [-0.2, 0) is 0 Å². The zero-order chi connectivity index (χ0) is 12.3. The van der Waals surface area contributed by atoms with Crippen molar-refractivity contribution in [1.82, 2.24) is 10.6 Å². The van der Waals surface area contributed by atoms with Crippen molar-refractivity contribution in [3.05, 3.63) is 53.7 Å². The topological polar surface area (TPSA) is 41.1 Å². The van der Waals surface area contributed by atoms with E-state index in [1.165, 1.54) is 0 Å². The Kier molecular flexibility index (Phi) is 3.00. The Morgan fingerprint density at radius 3 is 2.47 bits per heavy atom. The summed E-state index contributed by atoms with van der Waals surface area (Å²) in [6.07, 6.45) is 5.89. The van der Waals surface area contributed by atoms with Crippen molar-refractivity contribution >= 4 is 12.1 Å². The number of carbonyl (C=O) groups excluding carboxylic acids is 1. The first-order valence-corrected chi connectivity index (χ1v) is 5.60. The molecule has 1 aromatic carbocycles. The number of hydrogen-bond acceptors (Lipinski definition) is 1. The van der Waals surface area contributed by atoms with E-state index in [-0.39, 0.29) is 11.6 Å². The molecule has 2 amide bonds. The minimum atomic E-state index is -0.307. The van der Waals surface area contributed by atoms with Gasteiger partial charge in [-0.2, -0.15) is 0 Å². The smallest absolute Gasteiger partial charge is 0.319 e. The number of benzene rings is 1. The normalized spacial score (nSPS) is 18.5. The van der Waals surface area contributed by atoms with Crippen LogP contribution in [0.25, 0.3) is 6.08 Å². The molecule has 0 saturated heterocycles. The zero-order valence-electron chi connectivity index (χ0n) is 10.0. The lowest BCUT2D eigenvalue weighted by atomic mass is 10.0. The maximum absolute atomic E-state index is 11.4. The predicted octanol–water partition coefficient (Wildman–Crippen LogP) is 2.68. The molecule has 2 N–H and O–H groups in total. The molecule has 0 aromatic heterocycles. The predicted molar refractivity (Wildman–Crippen MR) is 69.3 cm³/mol. The first-order chi connectivity index (χ1) is 8.05. The lowest BCUT2D eigenvalue weighted by Crippen LogP contribution is -2.51. The molecular formula is C14H16N2O. The average molecular weight is 228 g/mol. The van der Waals surface area contributed by atoms with Gasteiger partial charge in [0.1, 0.15) is 0 Å². The van der Waals surface area contributed by atoms with Crippen LogP contribution in [0.4, 0.5) is 4.79 Å². The van der Waals surface area contributed by atoms with Gasteiger partial charge >= 0.3 is 6.03 Å². The summed E-state index contributed by atoms with van der Waals surface area (Å²) in [6, 6.07) is 9.82. The summed E-state index contributed by atoms with van der Waals surface area (Å²) in [5.41, 5.74) is 1.63. The molecule has 1 aliphatic heterocycles. The molecule has 0 bridgehead atoms. The van der Waals surface area contributed by atoms with Crippen LogP contribution >= 0.6 is 0 Å². The molecule has 17 heavy (non-hydrogen) atoms. The monoisotopic (exact) mass is 228 g/mol. The summed E-state index contributed by atoms with van der Waals surface area (Å²) in [7, 11) is 0. The molecule has 0 radical (unpaired) electrons. The second kappa shape index (κ2) is 4.45. The van der Waals surface area contributed by atoms with Gasteiger partial charge in [-0.15, -0.1) is 0 Å². The summed E-state index contributed by atoms with van der Waals surface area (Å²) in [5.74, 6) is 0. The van der Waals surface area contributed by atoms with Crippen LogP contribution in [0.15, 0.2) is 48.2 Å². The molecule has 3 nitrogen and oxygen atoms in total. The summed E-state index contributed by atoms with van der Waals surface area (Å²) in [5, 5.41) is 5.59. The molecule has 2 rings (SSSR count). The lowest BCUT2D eigenvalue weighted by Gasteiger charge is -2.28. The molecule has 1 aliphatic rings. The van der Waals surface area contributed by atoms with Gasteiger partial charge < -0.3 is 10.6 Å². The second-order valence-electron chi connectivity index (χ2n) is 4.64. The molecule has 1 heterocycles. The number of amides is 2. The van der Waals surface area contributed by atoms with Crippen LogP contribution in [-0.4, -0.2) is 11.6 Å². The Morgan fingerprint density at radius 2 is 1.82 bits per heavy atom. The number of rotatable bonds is 2. The number of urea groups is 1. The highest BCUT2D eigenvalue weighted by atomic mass is 16.2. The Bertz CT molecular complexity index is 472. The largest absolute Gasteiger partial charge is 0.329 e. The lowest BCUT2D eigenvalue weighted by molar-refractivity contribution is 0.234. The standard InChI is InChI=1S/C14H16N2O/c1-14(2)10-12(15-13(17)16-14)9-8-11-6-4-3-5-7-11/h3-10H,1-2H3,(H2,15,16,17). The Labute approximate surface area is 101 Å². The fraction of sp³-hybridized carbons (Fsp3) is 0.214. The van der Waals surface area contributed by atoms with Gasteiger partial charge in [-0.1, -0.05) is 36.4 Å². The van der Waals surface area contributed by atoms with Crippen molar-refractivity contribution in [1.29, 1.82) is 0 Å². The summed E-state index contributed by atoms with van der Waals surface area (Å²) in [4.78, 5) is 11.4. The third-order valence-corrected chi connectivity index (χ3v) is 2.46. The van der Waals surface area contributed by atoms with Crippen molar-refractivity contribution in [2.24, 2.45) is 0 Å². The highest BCUT2D eigenvalue weighted by Crippen LogP contribution is 2.13. The van der Waals surface area contributed by atoms with Crippen LogP contribution in [0.3, 0.4) is 0 Å². The summed E-state index contributed by atoms with van der Waals surface area (Å²) < 4.78 is 0.